The fraction of sp³-hybridized carbons (Fsp3) is 0.294. The molecule has 0 aliphatic heterocycles. The summed E-state index contributed by atoms with van der Waals surface area (Å²) in [5.41, 5.74) is 3.78. The van der Waals surface area contributed by atoms with Crippen LogP contribution < -0.4 is 4.74 Å². The molecule has 1 heterocycles. The van der Waals surface area contributed by atoms with Gasteiger partial charge in [0.25, 0.3) is 0 Å². The van der Waals surface area contributed by atoms with Crippen LogP contribution in [0, 0.1) is 6.92 Å². The highest BCUT2D eigenvalue weighted by atomic mass is 32.1. The summed E-state index contributed by atoms with van der Waals surface area (Å²) in [5, 5.41) is 4.29. The van der Waals surface area contributed by atoms with E-state index in [1.165, 1.54) is 29.5 Å². The molecule has 1 aromatic carbocycles. The molecule has 2 rings (SSSR count). The SMILES string of the molecule is CCCC/C(=C\Oc1cccc(C)c1)c1ccsc1. The Morgan fingerprint density at radius 1 is 1.32 bits per heavy atom. The van der Waals surface area contributed by atoms with Crippen molar-refractivity contribution in [3.05, 3.63) is 58.5 Å². The highest BCUT2D eigenvalue weighted by molar-refractivity contribution is 7.08. The maximum absolute atomic E-state index is 5.81. The summed E-state index contributed by atoms with van der Waals surface area (Å²) in [6.07, 6.45) is 5.37. The molecular weight excluding hydrogens is 252 g/mol. The molecule has 0 saturated heterocycles. The van der Waals surface area contributed by atoms with Gasteiger partial charge in [-0.1, -0.05) is 25.5 Å². The van der Waals surface area contributed by atoms with Gasteiger partial charge >= 0.3 is 0 Å². The normalized spacial score (nSPS) is 11.6. The Morgan fingerprint density at radius 2 is 2.21 bits per heavy atom. The second kappa shape index (κ2) is 7.15. The third-order valence-electron chi connectivity index (χ3n) is 3.02. The molecule has 1 nitrogen and oxygen atoms in total. The van der Waals surface area contributed by atoms with Crippen molar-refractivity contribution in [2.75, 3.05) is 0 Å². The first-order valence-corrected chi connectivity index (χ1v) is 7.69. The van der Waals surface area contributed by atoms with E-state index in [1.807, 2.05) is 18.4 Å². The average Bonchev–Trinajstić information content (AvgIpc) is 2.93. The van der Waals surface area contributed by atoms with E-state index in [-0.39, 0.29) is 0 Å². The molecule has 0 aliphatic rings. The molecule has 0 amide bonds. The van der Waals surface area contributed by atoms with Gasteiger partial charge in [-0.25, -0.2) is 0 Å². The second-order valence-corrected chi connectivity index (χ2v) is 5.47. The van der Waals surface area contributed by atoms with Gasteiger partial charge in [-0.15, -0.1) is 0 Å². The van der Waals surface area contributed by atoms with E-state index in [1.54, 1.807) is 11.3 Å². The van der Waals surface area contributed by atoms with Crippen molar-refractivity contribution in [3.63, 3.8) is 0 Å². The summed E-state index contributed by atoms with van der Waals surface area (Å²) in [6, 6.07) is 10.3. The number of allylic oxidation sites excluding steroid dienone is 1. The van der Waals surface area contributed by atoms with Crippen molar-refractivity contribution in [3.8, 4) is 5.75 Å². The monoisotopic (exact) mass is 272 g/mol. The summed E-state index contributed by atoms with van der Waals surface area (Å²) in [5.74, 6) is 0.907. The first kappa shape index (κ1) is 13.9. The van der Waals surface area contributed by atoms with Crippen molar-refractivity contribution in [2.24, 2.45) is 0 Å². The van der Waals surface area contributed by atoms with Gasteiger partial charge in [-0.2, -0.15) is 11.3 Å². The lowest BCUT2D eigenvalue weighted by atomic mass is 10.1. The molecule has 0 saturated carbocycles. The van der Waals surface area contributed by atoms with Crippen molar-refractivity contribution >= 4 is 16.9 Å². The van der Waals surface area contributed by atoms with Gasteiger partial charge in [0.1, 0.15) is 5.75 Å². The van der Waals surface area contributed by atoms with E-state index in [4.69, 9.17) is 4.74 Å². The van der Waals surface area contributed by atoms with Crippen LogP contribution in [0.25, 0.3) is 5.57 Å². The van der Waals surface area contributed by atoms with Gasteiger partial charge in [0.15, 0.2) is 0 Å². The standard InChI is InChI=1S/C17H20OS/c1-3-4-7-15(16-9-10-19-13-16)12-18-17-8-5-6-14(2)11-17/h5-6,8-13H,3-4,7H2,1-2H3/b15-12+. The van der Waals surface area contributed by atoms with E-state index < -0.39 is 0 Å². The molecular formula is C17H20OS. The van der Waals surface area contributed by atoms with Gasteiger partial charge < -0.3 is 4.74 Å². The molecule has 2 aromatic rings. The van der Waals surface area contributed by atoms with Crippen LogP contribution in [-0.4, -0.2) is 0 Å². The fourth-order valence-electron chi connectivity index (χ4n) is 1.91. The fourth-order valence-corrected chi connectivity index (χ4v) is 2.59. The van der Waals surface area contributed by atoms with Crippen LogP contribution in [0.15, 0.2) is 47.4 Å². The molecule has 0 unspecified atom stereocenters. The minimum absolute atomic E-state index is 0.907. The van der Waals surface area contributed by atoms with Crippen molar-refractivity contribution in [1.82, 2.24) is 0 Å². The number of aryl methyl sites for hydroxylation is 1. The van der Waals surface area contributed by atoms with Gasteiger partial charge in [0.2, 0.25) is 0 Å². The third-order valence-corrected chi connectivity index (χ3v) is 3.70. The van der Waals surface area contributed by atoms with Gasteiger partial charge in [-0.3, -0.25) is 0 Å². The van der Waals surface area contributed by atoms with Crippen molar-refractivity contribution in [1.29, 1.82) is 0 Å². The number of hydrogen-bond donors (Lipinski definition) is 0. The predicted octanol–water partition coefficient (Wildman–Crippen LogP) is 5.67. The molecule has 0 aliphatic carbocycles. The number of thiophene rings is 1. The maximum atomic E-state index is 5.81. The molecule has 1 aromatic heterocycles. The maximum Gasteiger partial charge on any atom is 0.126 e. The first-order chi connectivity index (χ1) is 9.29. The van der Waals surface area contributed by atoms with E-state index in [2.05, 4.69) is 42.8 Å². The Bertz CT molecular complexity index is 526. The zero-order valence-corrected chi connectivity index (χ0v) is 12.4. The van der Waals surface area contributed by atoms with E-state index >= 15 is 0 Å². The number of rotatable bonds is 6. The van der Waals surface area contributed by atoms with Crippen LogP contribution in [0.5, 0.6) is 5.75 Å². The lowest BCUT2D eigenvalue weighted by Gasteiger charge is -2.07. The van der Waals surface area contributed by atoms with Crippen LogP contribution in [0.1, 0.15) is 37.3 Å². The highest BCUT2D eigenvalue weighted by Crippen LogP contribution is 2.24. The van der Waals surface area contributed by atoms with Gasteiger partial charge in [0, 0.05) is 0 Å². The zero-order chi connectivity index (χ0) is 13.5. The summed E-state index contributed by atoms with van der Waals surface area (Å²) in [6.45, 7) is 4.29. The Kier molecular flexibility index (Phi) is 5.22. The van der Waals surface area contributed by atoms with E-state index in [0.29, 0.717) is 0 Å². The summed E-state index contributed by atoms with van der Waals surface area (Å²) in [4.78, 5) is 0. The number of ether oxygens (including phenoxy) is 1. The molecule has 0 N–H and O–H groups in total. The quantitative estimate of drug-likeness (QED) is 0.616. The van der Waals surface area contributed by atoms with Crippen molar-refractivity contribution < 1.29 is 4.74 Å². The predicted molar refractivity (Wildman–Crippen MR) is 83.6 cm³/mol. The Balaban J connectivity index is 2.11. The molecule has 2 heteroatoms. The Hall–Kier alpha value is -1.54. The van der Waals surface area contributed by atoms with E-state index in [0.717, 1.165) is 12.2 Å². The summed E-state index contributed by atoms with van der Waals surface area (Å²) >= 11 is 1.73. The van der Waals surface area contributed by atoms with Crippen LogP contribution in [-0.2, 0) is 0 Å². The number of benzene rings is 1. The Labute approximate surface area is 119 Å². The molecule has 0 radical (unpaired) electrons. The van der Waals surface area contributed by atoms with Gasteiger partial charge in [0.05, 0.1) is 6.26 Å². The largest absolute Gasteiger partial charge is 0.465 e. The first-order valence-electron chi connectivity index (χ1n) is 6.74. The minimum atomic E-state index is 0.907. The Morgan fingerprint density at radius 3 is 2.89 bits per heavy atom. The average molecular weight is 272 g/mol. The molecule has 0 spiro atoms. The lowest BCUT2D eigenvalue weighted by Crippen LogP contribution is -1.89. The molecule has 0 fully saturated rings. The van der Waals surface area contributed by atoms with E-state index in [9.17, 15) is 0 Å². The molecule has 100 valence electrons. The van der Waals surface area contributed by atoms with Crippen LogP contribution in [0.2, 0.25) is 0 Å². The molecule has 19 heavy (non-hydrogen) atoms. The topological polar surface area (TPSA) is 9.23 Å². The van der Waals surface area contributed by atoms with Crippen molar-refractivity contribution in [2.45, 2.75) is 33.1 Å². The third kappa shape index (κ3) is 4.25. The van der Waals surface area contributed by atoms with Crippen LogP contribution >= 0.6 is 11.3 Å². The second-order valence-electron chi connectivity index (χ2n) is 4.69. The van der Waals surface area contributed by atoms with Crippen LogP contribution in [0.3, 0.4) is 0 Å². The smallest absolute Gasteiger partial charge is 0.126 e. The zero-order valence-electron chi connectivity index (χ0n) is 11.6. The van der Waals surface area contributed by atoms with Gasteiger partial charge in [-0.05, 0) is 65.4 Å². The summed E-state index contributed by atoms with van der Waals surface area (Å²) in [7, 11) is 0. The highest BCUT2D eigenvalue weighted by Gasteiger charge is 2.03. The number of hydrogen-bond acceptors (Lipinski definition) is 2. The molecule has 0 bridgehead atoms. The summed E-state index contributed by atoms with van der Waals surface area (Å²) < 4.78 is 5.81. The molecule has 0 atom stereocenters. The van der Waals surface area contributed by atoms with Crippen LogP contribution in [0.4, 0.5) is 0 Å². The minimum Gasteiger partial charge on any atom is -0.465 e. The number of unbranched alkanes of at least 4 members (excludes halogenated alkanes) is 1. The lowest BCUT2D eigenvalue weighted by molar-refractivity contribution is 0.481.